The summed E-state index contributed by atoms with van der Waals surface area (Å²) in [4.78, 5) is 39.9. The number of carboxylic acid groups (broad SMARTS) is 1. The van der Waals surface area contributed by atoms with Gasteiger partial charge in [0.2, 0.25) is 11.8 Å². The van der Waals surface area contributed by atoms with Crippen molar-refractivity contribution in [3.05, 3.63) is 70.8 Å². The third kappa shape index (κ3) is 5.89. The van der Waals surface area contributed by atoms with E-state index >= 15 is 0 Å². The number of carbonyl (C=O) groups is 3. The maximum absolute atomic E-state index is 14.3. The SMILES string of the molecule is O=C(O)c1ccc(NC(=O)[C@@H]2[C@H](C3CCCCC3)CCN2C(=O)/C=C/c2cc(Cl)ccc2-n2cnnn2)cc1F. The number of amides is 2. The standard InChI is InChI=1S/C28H28ClFN6O4/c29-19-7-10-24(36-16-31-33-34-36)18(14-19)6-11-25(37)35-13-12-21(17-4-2-1-3-5-17)26(35)27(38)32-20-8-9-22(28(39)40)23(30)15-20/h6-11,14-17,21,26H,1-5,12-13H2,(H,32,38)(H,39,40)/b11-6+/t21-,26-/m0/s1. The van der Waals surface area contributed by atoms with Gasteiger partial charge in [0, 0.05) is 28.9 Å². The number of likely N-dealkylation sites (tertiary alicyclic amines) is 1. The molecule has 208 valence electrons. The quantitative estimate of drug-likeness (QED) is 0.400. The highest BCUT2D eigenvalue weighted by atomic mass is 35.5. The highest BCUT2D eigenvalue weighted by molar-refractivity contribution is 6.30. The van der Waals surface area contributed by atoms with Gasteiger partial charge in [-0.2, -0.15) is 4.68 Å². The van der Waals surface area contributed by atoms with Gasteiger partial charge in [0.1, 0.15) is 18.2 Å². The number of halogens is 2. The fraction of sp³-hybridized carbons (Fsp3) is 0.357. The second kappa shape index (κ2) is 12.0. The van der Waals surface area contributed by atoms with Crippen molar-refractivity contribution in [2.75, 3.05) is 11.9 Å². The molecule has 2 atom stereocenters. The van der Waals surface area contributed by atoms with Gasteiger partial charge in [-0.3, -0.25) is 9.59 Å². The third-order valence-electron chi connectivity index (χ3n) is 7.71. The van der Waals surface area contributed by atoms with Crippen molar-refractivity contribution in [2.45, 2.75) is 44.6 Å². The first-order valence-corrected chi connectivity index (χ1v) is 13.5. The predicted octanol–water partition coefficient (Wildman–Crippen LogP) is 4.60. The minimum absolute atomic E-state index is 0.0382. The molecule has 2 fully saturated rings. The molecule has 2 heterocycles. The van der Waals surface area contributed by atoms with E-state index in [0.717, 1.165) is 44.2 Å². The predicted molar refractivity (Wildman–Crippen MR) is 145 cm³/mol. The molecule has 1 aromatic heterocycles. The van der Waals surface area contributed by atoms with E-state index < -0.39 is 29.3 Å². The highest BCUT2D eigenvalue weighted by Crippen LogP contribution is 2.39. The van der Waals surface area contributed by atoms with E-state index in [2.05, 4.69) is 20.8 Å². The Morgan fingerprint density at radius 2 is 1.88 bits per heavy atom. The van der Waals surface area contributed by atoms with Crippen LogP contribution in [0.15, 0.2) is 48.8 Å². The molecule has 1 saturated heterocycles. The largest absolute Gasteiger partial charge is 0.478 e. The zero-order valence-corrected chi connectivity index (χ0v) is 22.3. The maximum Gasteiger partial charge on any atom is 0.338 e. The van der Waals surface area contributed by atoms with E-state index in [1.54, 1.807) is 29.2 Å². The van der Waals surface area contributed by atoms with Crippen LogP contribution >= 0.6 is 11.6 Å². The summed E-state index contributed by atoms with van der Waals surface area (Å²) < 4.78 is 15.8. The Balaban J connectivity index is 1.40. The molecule has 2 aliphatic rings. The van der Waals surface area contributed by atoms with Gasteiger partial charge in [-0.1, -0.05) is 43.7 Å². The van der Waals surface area contributed by atoms with Crippen LogP contribution < -0.4 is 5.32 Å². The van der Waals surface area contributed by atoms with Crippen molar-refractivity contribution < 1.29 is 23.9 Å². The van der Waals surface area contributed by atoms with Gasteiger partial charge in [-0.15, -0.1) is 5.10 Å². The molecule has 10 nitrogen and oxygen atoms in total. The molecular formula is C28H28ClFN6O4. The first-order chi connectivity index (χ1) is 19.3. The van der Waals surface area contributed by atoms with Gasteiger partial charge in [0.25, 0.3) is 0 Å². The highest BCUT2D eigenvalue weighted by Gasteiger charge is 2.44. The second-order valence-electron chi connectivity index (χ2n) is 10.1. The van der Waals surface area contributed by atoms with Crippen molar-refractivity contribution in [3.63, 3.8) is 0 Å². The van der Waals surface area contributed by atoms with Crippen molar-refractivity contribution in [3.8, 4) is 5.69 Å². The minimum Gasteiger partial charge on any atom is -0.478 e. The average Bonchev–Trinajstić information content (AvgIpc) is 3.63. The van der Waals surface area contributed by atoms with Crippen LogP contribution in [0.5, 0.6) is 0 Å². The normalized spacial score (nSPS) is 19.7. The number of carbonyl (C=O) groups excluding carboxylic acids is 2. The number of aromatic nitrogens is 4. The Hall–Kier alpha value is -4.12. The number of nitrogens with one attached hydrogen (secondary N) is 1. The fourth-order valence-corrected chi connectivity index (χ4v) is 6.01. The van der Waals surface area contributed by atoms with Crippen LogP contribution in [0, 0.1) is 17.7 Å². The lowest BCUT2D eigenvalue weighted by atomic mass is 9.76. The van der Waals surface area contributed by atoms with Crippen LogP contribution in [-0.2, 0) is 9.59 Å². The number of anilines is 1. The van der Waals surface area contributed by atoms with E-state index in [4.69, 9.17) is 16.7 Å². The van der Waals surface area contributed by atoms with Gasteiger partial charge < -0.3 is 15.3 Å². The van der Waals surface area contributed by atoms with Crippen molar-refractivity contribution >= 4 is 41.1 Å². The molecule has 1 aliphatic carbocycles. The van der Waals surface area contributed by atoms with Gasteiger partial charge in [0.05, 0.1) is 11.3 Å². The number of hydrogen-bond donors (Lipinski definition) is 2. The molecule has 2 N–H and O–H groups in total. The molecule has 3 aromatic rings. The Morgan fingerprint density at radius 3 is 2.58 bits per heavy atom. The molecular weight excluding hydrogens is 539 g/mol. The summed E-state index contributed by atoms with van der Waals surface area (Å²) in [6.07, 6.45) is 10.5. The number of tetrazole rings is 1. The first-order valence-electron chi connectivity index (χ1n) is 13.2. The monoisotopic (exact) mass is 566 g/mol. The number of nitrogens with zero attached hydrogens (tertiary/aromatic N) is 5. The molecule has 0 bridgehead atoms. The molecule has 2 amide bonds. The molecule has 0 unspecified atom stereocenters. The molecule has 40 heavy (non-hydrogen) atoms. The molecule has 1 saturated carbocycles. The fourth-order valence-electron chi connectivity index (χ4n) is 5.83. The van der Waals surface area contributed by atoms with Crippen LogP contribution in [0.2, 0.25) is 5.02 Å². The zero-order valence-electron chi connectivity index (χ0n) is 21.5. The summed E-state index contributed by atoms with van der Waals surface area (Å²) in [5.41, 5.74) is 0.893. The van der Waals surface area contributed by atoms with Crippen LogP contribution in [0.3, 0.4) is 0 Å². The van der Waals surface area contributed by atoms with E-state index in [1.165, 1.54) is 23.2 Å². The number of rotatable bonds is 7. The Labute approximate surface area is 234 Å². The number of benzene rings is 2. The topological polar surface area (TPSA) is 130 Å². The van der Waals surface area contributed by atoms with E-state index in [0.29, 0.717) is 35.2 Å². The van der Waals surface area contributed by atoms with Gasteiger partial charge >= 0.3 is 5.97 Å². The van der Waals surface area contributed by atoms with Gasteiger partial charge in [-0.05, 0) is 71.2 Å². The van der Waals surface area contributed by atoms with E-state index in [-0.39, 0.29) is 17.5 Å². The number of carboxylic acids is 1. The summed E-state index contributed by atoms with van der Waals surface area (Å²) >= 11 is 6.20. The van der Waals surface area contributed by atoms with Crippen molar-refractivity contribution in [1.29, 1.82) is 0 Å². The van der Waals surface area contributed by atoms with Crippen molar-refractivity contribution in [1.82, 2.24) is 25.1 Å². The molecule has 0 radical (unpaired) electrons. The molecule has 5 rings (SSSR count). The Morgan fingerprint density at radius 1 is 1.07 bits per heavy atom. The summed E-state index contributed by atoms with van der Waals surface area (Å²) in [7, 11) is 0. The Kier molecular flexibility index (Phi) is 8.20. The molecule has 2 aromatic carbocycles. The van der Waals surface area contributed by atoms with Crippen LogP contribution in [-0.4, -0.2) is 60.6 Å². The summed E-state index contributed by atoms with van der Waals surface area (Å²) in [6, 6.07) is 7.82. The summed E-state index contributed by atoms with van der Waals surface area (Å²) in [5, 5.41) is 23.5. The van der Waals surface area contributed by atoms with E-state index in [1.807, 2.05) is 0 Å². The van der Waals surface area contributed by atoms with Crippen LogP contribution in [0.25, 0.3) is 11.8 Å². The summed E-state index contributed by atoms with van der Waals surface area (Å²) in [5.74, 6) is -2.84. The van der Waals surface area contributed by atoms with Gasteiger partial charge in [-0.25, -0.2) is 9.18 Å². The lowest BCUT2D eigenvalue weighted by Gasteiger charge is -2.33. The average molecular weight is 567 g/mol. The van der Waals surface area contributed by atoms with E-state index in [9.17, 15) is 18.8 Å². The van der Waals surface area contributed by atoms with Crippen LogP contribution in [0.4, 0.5) is 10.1 Å². The lowest BCUT2D eigenvalue weighted by Crippen LogP contribution is -2.47. The molecule has 1 aliphatic heterocycles. The van der Waals surface area contributed by atoms with Crippen molar-refractivity contribution in [2.24, 2.45) is 11.8 Å². The second-order valence-corrected chi connectivity index (χ2v) is 10.5. The first kappa shape index (κ1) is 27.4. The Bertz CT molecular complexity index is 1440. The lowest BCUT2D eigenvalue weighted by molar-refractivity contribution is -0.134. The van der Waals surface area contributed by atoms with Crippen LogP contribution in [0.1, 0.15) is 54.4 Å². The number of hydrogen-bond acceptors (Lipinski definition) is 6. The third-order valence-corrected chi connectivity index (χ3v) is 7.94. The summed E-state index contributed by atoms with van der Waals surface area (Å²) in [6.45, 7) is 0.407. The smallest absolute Gasteiger partial charge is 0.338 e. The number of aromatic carboxylic acids is 1. The zero-order chi connectivity index (χ0) is 28.2. The molecule has 12 heteroatoms. The molecule has 0 spiro atoms. The maximum atomic E-state index is 14.3. The minimum atomic E-state index is -1.39. The van der Waals surface area contributed by atoms with Gasteiger partial charge in [0.15, 0.2) is 0 Å².